The molecule has 1 aliphatic carbocycles. The zero-order chi connectivity index (χ0) is 14.8. The Morgan fingerprint density at radius 3 is 3.14 bits per heavy atom. The maximum atomic E-state index is 12.6. The van der Waals surface area contributed by atoms with E-state index in [4.69, 9.17) is 0 Å². The molecule has 1 N–H and O–H groups in total. The first-order valence-corrected chi connectivity index (χ1v) is 8.61. The number of amides is 1. The van der Waals surface area contributed by atoms with Gasteiger partial charge in [0.05, 0.1) is 5.69 Å². The molecule has 2 aromatic heterocycles. The normalized spacial score (nSPS) is 22.4. The van der Waals surface area contributed by atoms with E-state index in [1.165, 1.54) is 12.8 Å². The minimum atomic E-state index is -0.0482. The van der Waals surface area contributed by atoms with Crippen LogP contribution < -0.4 is 5.32 Å². The fraction of sp³-hybridized carbons (Fsp3) is 0.533. The van der Waals surface area contributed by atoms with Crippen LogP contribution in [0.25, 0.3) is 5.65 Å². The lowest BCUT2D eigenvalue weighted by Crippen LogP contribution is -2.39. The maximum Gasteiger partial charge on any atom is 0.257 e. The molecule has 3 rings (SSSR count). The zero-order valence-electron chi connectivity index (χ0n) is 12.4. The Hall–Kier alpha value is -1.56. The van der Waals surface area contributed by atoms with Crippen LogP contribution in [0.1, 0.15) is 41.7 Å². The minimum Gasteiger partial charge on any atom is -0.349 e. The Morgan fingerprint density at radius 1 is 1.48 bits per heavy atom. The molecule has 0 aromatic carbocycles. The van der Waals surface area contributed by atoms with Crippen LogP contribution in [0, 0.1) is 6.92 Å². The summed E-state index contributed by atoms with van der Waals surface area (Å²) in [7, 11) is 0. The van der Waals surface area contributed by atoms with Gasteiger partial charge in [0.25, 0.3) is 5.91 Å². The number of hydrogen-bond donors (Lipinski definition) is 1. The summed E-state index contributed by atoms with van der Waals surface area (Å²) >= 11 is 1.90. The van der Waals surface area contributed by atoms with Gasteiger partial charge in [0, 0.05) is 23.7 Å². The van der Waals surface area contributed by atoms with Crippen molar-refractivity contribution in [3.05, 3.63) is 29.7 Å². The molecule has 6 heteroatoms. The second kappa shape index (κ2) is 6.05. The molecule has 1 amide bonds. The average molecular weight is 304 g/mol. The molecule has 5 nitrogen and oxygen atoms in total. The highest BCUT2D eigenvalue weighted by molar-refractivity contribution is 7.99. The van der Waals surface area contributed by atoms with Crippen LogP contribution in [-0.4, -0.2) is 38.1 Å². The van der Waals surface area contributed by atoms with E-state index in [9.17, 15) is 4.79 Å². The summed E-state index contributed by atoms with van der Waals surface area (Å²) in [5, 5.41) is 8.18. The largest absolute Gasteiger partial charge is 0.349 e. The molecule has 2 aromatic rings. The number of aromatic nitrogens is 3. The van der Waals surface area contributed by atoms with E-state index in [1.807, 2.05) is 30.9 Å². The van der Waals surface area contributed by atoms with Crippen molar-refractivity contribution in [2.24, 2.45) is 0 Å². The van der Waals surface area contributed by atoms with Crippen molar-refractivity contribution in [1.29, 1.82) is 0 Å². The molecule has 1 fully saturated rings. The van der Waals surface area contributed by atoms with Crippen LogP contribution in [0.15, 0.2) is 18.5 Å². The molecule has 0 radical (unpaired) electrons. The lowest BCUT2D eigenvalue weighted by Gasteiger charge is -2.28. The molecule has 112 valence electrons. The Kier molecular flexibility index (Phi) is 4.14. The van der Waals surface area contributed by atoms with Crippen molar-refractivity contribution in [3.63, 3.8) is 0 Å². The first kappa shape index (κ1) is 14.4. The summed E-state index contributed by atoms with van der Waals surface area (Å²) in [5.41, 5.74) is 1.95. The van der Waals surface area contributed by atoms with Crippen LogP contribution in [0.4, 0.5) is 0 Å². The first-order valence-electron chi connectivity index (χ1n) is 7.32. The third-order valence-electron chi connectivity index (χ3n) is 4.09. The number of nitrogens with one attached hydrogen (secondary N) is 1. The molecule has 2 heterocycles. The highest BCUT2D eigenvalue weighted by atomic mass is 32.2. The monoisotopic (exact) mass is 304 g/mol. The third kappa shape index (κ3) is 2.90. The summed E-state index contributed by atoms with van der Waals surface area (Å²) in [4.78, 5) is 16.9. The van der Waals surface area contributed by atoms with Gasteiger partial charge >= 0.3 is 0 Å². The first-order chi connectivity index (χ1) is 10.2. The van der Waals surface area contributed by atoms with Gasteiger partial charge in [-0.25, -0.2) is 9.50 Å². The van der Waals surface area contributed by atoms with Crippen molar-refractivity contribution in [1.82, 2.24) is 19.9 Å². The Balaban J connectivity index is 1.79. The van der Waals surface area contributed by atoms with Gasteiger partial charge in [0.1, 0.15) is 5.56 Å². The standard InChI is InChI=1S/C15H20N4OS/c1-10-13(14-16-7-4-8-19(14)18-10)15(20)17-11-5-3-6-12(9-11)21-2/h4,7-8,11-12H,3,5-6,9H2,1-2H3,(H,17,20)/t11-,12+/m1/s1. The molecule has 0 aliphatic heterocycles. The van der Waals surface area contributed by atoms with Gasteiger partial charge in [-0.05, 0) is 38.5 Å². The number of aryl methyl sites for hydroxylation is 1. The highest BCUT2D eigenvalue weighted by Gasteiger charge is 2.25. The van der Waals surface area contributed by atoms with Gasteiger partial charge in [-0.1, -0.05) is 6.42 Å². The topological polar surface area (TPSA) is 59.3 Å². The fourth-order valence-corrected chi connectivity index (χ4v) is 3.84. The van der Waals surface area contributed by atoms with E-state index in [1.54, 1.807) is 10.7 Å². The lowest BCUT2D eigenvalue weighted by atomic mass is 9.94. The van der Waals surface area contributed by atoms with Crippen molar-refractivity contribution in [3.8, 4) is 0 Å². The number of thioether (sulfide) groups is 1. The van der Waals surface area contributed by atoms with Crippen LogP contribution in [0.2, 0.25) is 0 Å². The van der Waals surface area contributed by atoms with E-state index in [-0.39, 0.29) is 11.9 Å². The van der Waals surface area contributed by atoms with E-state index in [0.717, 1.165) is 18.5 Å². The predicted molar refractivity (Wildman–Crippen MR) is 84.7 cm³/mol. The number of carbonyl (C=O) groups is 1. The molecule has 0 unspecified atom stereocenters. The molecule has 2 atom stereocenters. The van der Waals surface area contributed by atoms with Crippen LogP contribution in [-0.2, 0) is 0 Å². The number of carbonyl (C=O) groups excluding carboxylic acids is 1. The summed E-state index contributed by atoms with van der Waals surface area (Å²) < 4.78 is 1.66. The van der Waals surface area contributed by atoms with E-state index >= 15 is 0 Å². The van der Waals surface area contributed by atoms with E-state index < -0.39 is 0 Å². The van der Waals surface area contributed by atoms with E-state index in [0.29, 0.717) is 16.5 Å². The van der Waals surface area contributed by atoms with Gasteiger partial charge < -0.3 is 5.32 Å². The van der Waals surface area contributed by atoms with Crippen molar-refractivity contribution in [2.75, 3.05) is 6.26 Å². The molecule has 0 spiro atoms. The molecule has 1 saturated carbocycles. The number of hydrogen-bond acceptors (Lipinski definition) is 4. The second-order valence-electron chi connectivity index (χ2n) is 5.54. The van der Waals surface area contributed by atoms with Gasteiger partial charge in [0.15, 0.2) is 5.65 Å². The molecular weight excluding hydrogens is 284 g/mol. The smallest absolute Gasteiger partial charge is 0.257 e. The van der Waals surface area contributed by atoms with Gasteiger partial charge in [0.2, 0.25) is 0 Å². The van der Waals surface area contributed by atoms with Gasteiger partial charge in [-0.2, -0.15) is 16.9 Å². The van der Waals surface area contributed by atoms with Gasteiger partial charge in [-0.3, -0.25) is 4.79 Å². The highest BCUT2D eigenvalue weighted by Crippen LogP contribution is 2.27. The Bertz CT molecular complexity index is 654. The summed E-state index contributed by atoms with van der Waals surface area (Å²) in [6.07, 6.45) is 10.2. The van der Waals surface area contributed by atoms with Crippen LogP contribution in [0.3, 0.4) is 0 Å². The van der Waals surface area contributed by atoms with E-state index in [2.05, 4.69) is 21.7 Å². The molecule has 0 bridgehead atoms. The Labute approximate surface area is 128 Å². The summed E-state index contributed by atoms with van der Waals surface area (Å²) in [6, 6.07) is 2.08. The quantitative estimate of drug-likeness (QED) is 0.946. The zero-order valence-corrected chi connectivity index (χ0v) is 13.2. The summed E-state index contributed by atoms with van der Waals surface area (Å²) in [6.45, 7) is 1.86. The molecule has 21 heavy (non-hydrogen) atoms. The van der Waals surface area contributed by atoms with Crippen LogP contribution >= 0.6 is 11.8 Å². The number of fused-ring (bicyclic) bond motifs is 1. The average Bonchev–Trinajstić information content (AvgIpc) is 2.83. The fourth-order valence-electron chi connectivity index (χ4n) is 3.01. The third-order valence-corrected chi connectivity index (χ3v) is 5.19. The Morgan fingerprint density at radius 2 is 2.33 bits per heavy atom. The predicted octanol–water partition coefficient (Wildman–Crippen LogP) is 2.44. The van der Waals surface area contributed by atoms with Crippen molar-refractivity contribution in [2.45, 2.75) is 43.9 Å². The number of nitrogens with zero attached hydrogens (tertiary/aromatic N) is 3. The lowest BCUT2D eigenvalue weighted by molar-refractivity contribution is 0.0929. The van der Waals surface area contributed by atoms with Crippen molar-refractivity contribution < 1.29 is 4.79 Å². The SMILES string of the molecule is CS[C@H]1CCC[C@@H](NC(=O)c2c(C)nn3cccnc23)C1. The maximum absolute atomic E-state index is 12.6. The summed E-state index contributed by atoms with van der Waals surface area (Å²) in [5.74, 6) is -0.0482. The molecular formula is C15H20N4OS. The van der Waals surface area contributed by atoms with Crippen LogP contribution in [0.5, 0.6) is 0 Å². The molecule has 1 aliphatic rings. The van der Waals surface area contributed by atoms with Gasteiger partial charge in [-0.15, -0.1) is 0 Å². The van der Waals surface area contributed by atoms with Crippen molar-refractivity contribution >= 4 is 23.3 Å². The number of rotatable bonds is 3. The second-order valence-corrected chi connectivity index (χ2v) is 6.68. The molecule has 0 saturated heterocycles. The minimum absolute atomic E-state index is 0.0482.